The normalized spacial score (nSPS) is 46.6. The second-order valence-electron chi connectivity index (χ2n) is 11.9. The first-order valence-corrected chi connectivity index (χ1v) is 13.0. The Morgan fingerprint density at radius 1 is 1.12 bits per heavy atom. The summed E-state index contributed by atoms with van der Waals surface area (Å²) in [6.45, 7) is 8.20. The number of aliphatic hydroxyl groups excluding tert-OH is 1. The summed E-state index contributed by atoms with van der Waals surface area (Å²) in [6, 6.07) is 0.183. The zero-order valence-corrected chi connectivity index (χ0v) is 20.3. The van der Waals surface area contributed by atoms with Gasteiger partial charge in [0.2, 0.25) is 0 Å². The van der Waals surface area contributed by atoms with Crippen LogP contribution in [0.15, 0.2) is 0 Å². The summed E-state index contributed by atoms with van der Waals surface area (Å²) in [5.74, 6) is 1.96. The van der Waals surface area contributed by atoms with Crippen LogP contribution in [0.5, 0.6) is 0 Å². The summed E-state index contributed by atoms with van der Waals surface area (Å²) >= 11 is 0. The first-order chi connectivity index (χ1) is 15.1. The molecular formula is C25H46N4O3. The van der Waals surface area contributed by atoms with Gasteiger partial charge in [-0.15, -0.1) is 0 Å². The average Bonchev–Trinajstić information content (AvgIpc) is 3.02. The van der Waals surface area contributed by atoms with Crippen molar-refractivity contribution < 1.29 is 15.1 Å². The van der Waals surface area contributed by atoms with Crippen molar-refractivity contribution in [1.82, 2.24) is 10.8 Å². The first-order valence-electron chi connectivity index (χ1n) is 13.0. The largest absolute Gasteiger partial charge is 0.393 e. The lowest BCUT2D eigenvalue weighted by Gasteiger charge is -2.63. The maximum absolute atomic E-state index is 12.3. The molecule has 0 radical (unpaired) electrons. The molecule has 4 fully saturated rings. The van der Waals surface area contributed by atoms with Crippen LogP contribution in [0.3, 0.4) is 0 Å². The molecule has 4 rings (SSSR count). The molecule has 7 N–H and O–H groups in total. The van der Waals surface area contributed by atoms with Crippen molar-refractivity contribution in [2.24, 2.45) is 40.2 Å². The number of nitrogens with one attached hydrogen (secondary N) is 3. The second kappa shape index (κ2) is 9.05. The highest BCUT2D eigenvalue weighted by Gasteiger charge is 2.67. The van der Waals surface area contributed by atoms with Crippen LogP contribution in [0.4, 0.5) is 0 Å². The van der Waals surface area contributed by atoms with Gasteiger partial charge in [-0.2, -0.15) is 5.48 Å². The predicted molar refractivity (Wildman–Crippen MR) is 126 cm³/mol. The molecule has 9 atom stereocenters. The van der Waals surface area contributed by atoms with Gasteiger partial charge in [0.05, 0.1) is 18.3 Å². The lowest BCUT2D eigenvalue weighted by Crippen LogP contribution is -2.63. The van der Waals surface area contributed by atoms with Crippen LogP contribution >= 0.6 is 0 Å². The predicted octanol–water partition coefficient (Wildman–Crippen LogP) is 2.90. The van der Waals surface area contributed by atoms with E-state index in [-0.39, 0.29) is 28.9 Å². The van der Waals surface area contributed by atoms with Gasteiger partial charge in [-0.1, -0.05) is 13.8 Å². The highest BCUT2D eigenvalue weighted by Crippen LogP contribution is 2.69. The number of guanidine groups is 1. The number of hydroxylamine groups is 1. The Morgan fingerprint density at radius 2 is 1.91 bits per heavy atom. The third kappa shape index (κ3) is 3.97. The number of hydrogen-bond acceptors (Lipinski definition) is 5. The Balaban J connectivity index is 1.39. The van der Waals surface area contributed by atoms with E-state index in [0.29, 0.717) is 36.8 Å². The van der Waals surface area contributed by atoms with Crippen molar-refractivity contribution in [3.05, 3.63) is 0 Å². The van der Waals surface area contributed by atoms with E-state index in [0.717, 1.165) is 57.8 Å². The number of rotatable bonds is 7. The monoisotopic (exact) mass is 450 g/mol. The van der Waals surface area contributed by atoms with Crippen molar-refractivity contribution in [1.29, 1.82) is 5.41 Å². The zero-order valence-electron chi connectivity index (χ0n) is 20.3. The van der Waals surface area contributed by atoms with Crippen LogP contribution < -0.4 is 16.5 Å². The summed E-state index contributed by atoms with van der Waals surface area (Å²) in [7, 11) is 0. The van der Waals surface area contributed by atoms with E-state index in [1.807, 2.05) is 0 Å². The summed E-state index contributed by atoms with van der Waals surface area (Å²) in [5, 5.41) is 32.5. The van der Waals surface area contributed by atoms with Crippen molar-refractivity contribution in [3.8, 4) is 0 Å². The Morgan fingerprint density at radius 3 is 2.66 bits per heavy atom. The molecule has 7 nitrogen and oxygen atoms in total. The summed E-state index contributed by atoms with van der Waals surface area (Å²) < 4.78 is 0. The van der Waals surface area contributed by atoms with Crippen LogP contribution in [-0.4, -0.2) is 47.1 Å². The summed E-state index contributed by atoms with van der Waals surface area (Å²) in [6.07, 6.45) is 10.1. The quantitative estimate of drug-likeness (QED) is 0.153. The van der Waals surface area contributed by atoms with Crippen LogP contribution in [0.25, 0.3) is 0 Å². The van der Waals surface area contributed by atoms with Crippen LogP contribution in [0.2, 0.25) is 0 Å². The SMILES string of the molecule is CC(NOCCCNC(=N)N)[C@H]1CC[C@]2(O)[C@@H]3CC[C@@H]4C[C@@H](O)CC[C@]4(C)[C@H]3CC[C@]12C. The molecule has 1 unspecified atom stereocenters. The Bertz CT molecular complexity index is 692. The molecule has 0 spiro atoms. The van der Waals surface area contributed by atoms with E-state index >= 15 is 0 Å². The van der Waals surface area contributed by atoms with E-state index in [9.17, 15) is 10.2 Å². The standard InChI is InChI=1S/C25H46N4O3/c1-16(29-32-14-4-13-28-22(26)27)19-9-12-25(31)21-6-5-17-15-18(30)7-10-23(17,2)20(21)8-11-24(19,25)3/h16-21,29-31H,4-15H2,1-3H3,(H4,26,27,28)/t16?,17-,18+,19-,20+,21-,23+,24-,25+/m1/s1. The van der Waals surface area contributed by atoms with Crippen LogP contribution in [-0.2, 0) is 4.84 Å². The van der Waals surface area contributed by atoms with Crippen LogP contribution in [0.1, 0.15) is 85.0 Å². The van der Waals surface area contributed by atoms with Crippen molar-refractivity contribution >= 4 is 5.96 Å². The molecule has 184 valence electrons. The Labute approximate surface area is 193 Å². The highest BCUT2D eigenvalue weighted by molar-refractivity contribution is 5.74. The lowest BCUT2D eigenvalue weighted by atomic mass is 9.43. The van der Waals surface area contributed by atoms with E-state index in [4.69, 9.17) is 16.0 Å². The van der Waals surface area contributed by atoms with Gasteiger partial charge in [-0.05, 0) is 100 Å². The number of aliphatic hydroxyl groups is 2. The molecule has 0 aromatic carbocycles. The van der Waals surface area contributed by atoms with E-state index in [2.05, 4.69) is 31.6 Å². The third-order valence-electron chi connectivity index (χ3n) is 10.5. The Hall–Kier alpha value is -0.890. The molecule has 0 heterocycles. The van der Waals surface area contributed by atoms with Gasteiger partial charge in [-0.3, -0.25) is 5.41 Å². The van der Waals surface area contributed by atoms with Crippen molar-refractivity contribution in [2.45, 2.75) is 103 Å². The summed E-state index contributed by atoms with van der Waals surface area (Å²) in [5.41, 5.74) is 8.17. The number of hydrogen-bond donors (Lipinski definition) is 6. The molecule has 0 amide bonds. The second-order valence-corrected chi connectivity index (χ2v) is 11.9. The highest BCUT2D eigenvalue weighted by atomic mass is 16.6. The molecule has 4 saturated carbocycles. The van der Waals surface area contributed by atoms with Gasteiger partial charge < -0.3 is 26.1 Å². The fraction of sp³-hybridized carbons (Fsp3) is 0.960. The molecule has 32 heavy (non-hydrogen) atoms. The van der Waals surface area contributed by atoms with E-state index in [1.165, 1.54) is 6.42 Å². The molecular weight excluding hydrogens is 404 g/mol. The molecule has 4 aliphatic carbocycles. The minimum Gasteiger partial charge on any atom is -0.393 e. The van der Waals surface area contributed by atoms with Gasteiger partial charge in [0.15, 0.2) is 5.96 Å². The minimum absolute atomic E-state index is 0.00704. The molecule has 0 saturated heterocycles. The maximum Gasteiger partial charge on any atom is 0.185 e. The summed E-state index contributed by atoms with van der Waals surface area (Å²) in [4.78, 5) is 5.74. The molecule has 0 aromatic heterocycles. The van der Waals surface area contributed by atoms with Gasteiger partial charge in [0.25, 0.3) is 0 Å². The molecule has 4 aliphatic rings. The Kier molecular flexibility index (Phi) is 6.85. The topological polar surface area (TPSA) is 124 Å². The number of fused-ring (bicyclic) bond motifs is 5. The van der Waals surface area contributed by atoms with Gasteiger partial charge in [0, 0.05) is 18.0 Å². The fourth-order valence-corrected chi connectivity index (χ4v) is 8.69. The molecule has 7 heteroatoms. The van der Waals surface area contributed by atoms with E-state index < -0.39 is 5.60 Å². The smallest absolute Gasteiger partial charge is 0.185 e. The fourth-order valence-electron chi connectivity index (χ4n) is 8.69. The molecule has 0 bridgehead atoms. The molecule has 0 aromatic rings. The minimum atomic E-state index is -0.591. The van der Waals surface area contributed by atoms with Gasteiger partial charge >= 0.3 is 0 Å². The van der Waals surface area contributed by atoms with Crippen molar-refractivity contribution in [2.75, 3.05) is 13.2 Å². The maximum atomic E-state index is 12.3. The third-order valence-corrected chi connectivity index (χ3v) is 10.5. The zero-order chi connectivity index (χ0) is 23.1. The molecule has 0 aliphatic heterocycles. The first kappa shape index (κ1) is 24.2. The van der Waals surface area contributed by atoms with Gasteiger partial charge in [-0.25, -0.2) is 0 Å². The van der Waals surface area contributed by atoms with Crippen LogP contribution in [0, 0.1) is 39.9 Å². The van der Waals surface area contributed by atoms with Gasteiger partial charge in [0.1, 0.15) is 0 Å². The number of nitrogens with two attached hydrogens (primary N) is 1. The van der Waals surface area contributed by atoms with E-state index in [1.54, 1.807) is 0 Å². The van der Waals surface area contributed by atoms with Crippen molar-refractivity contribution in [3.63, 3.8) is 0 Å². The average molecular weight is 451 g/mol. The lowest BCUT2D eigenvalue weighted by molar-refractivity contribution is -0.213.